The maximum atomic E-state index is 13.3. The molecular weight excluding hydrogens is 408 g/mol. The number of rotatable bonds is 6. The van der Waals surface area contributed by atoms with Crippen LogP contribution in [0.15, 0.2) is 52.2 Å². The number of piperazine rings is 1. The van der Waals surface area contributed by atoms with Gasteiger partial charge in [-0.15, -0.1) is 0 Å². The van der Waals surface area contributed by atoms with Crippen LogP contribution in [0.2, 0.25) is 0 Å². The number of hydrogen-bond donors (Lipinski definition) is 1. The van der Waals surface area contributed by atoms with Crippen LogP contribution in [0.1, 0.15) is 17.2 Å². The third kappa shape index (κ3) is 5.66. The summed E-state index contributed by atoms with van der Waals surface area (Å²) in [5, 5.41) is 7.47. The first-order valence-corrected chi connectivity index (χ1v) is 11.2. The summed E-state index contributed by atoms with van der Waals surface area (Å²) in [6, 6.07) is 11.9. The van der Waals surface area contributed by atoms with E-state index in [0.29, 0.717) is 32.8 Å². The summed E-state index contributed by atoms with van der Waals surface area (Å²) in [6.07, 6.45) is 1.61. The fourth-order valence-corrected chi connectivity index (χ4v) is 4.23. The zero-order valence-corrected chi connectivity index (χ0v) is 18.7. The van der Waals surface area contributed by atoms with E-state index >= 15 is 0 Å². The van der Waals surface area contributed by atoms with Crippen LogP contribution in [0.5, 0.6) is 0 Å². The molecule has 1 atom stereocenters. The highest BCUT2D eigenvalue weighted by Gasteiger charge is 2.28. The van der Waals surface area contributed by atoms with Crippen molar-refractivity contribution in [3.63, 3.8) is 0 Å². The Hall–Kier alpha value is -2.91. The van der Waals surface area contributed by atoms with Crippen molar-refractivity contribution in [3.8, 4) is 0 Å². The maximum absolute atomic E-state index is 13.3. The minimum atomic E-state index is -0.264. The smallest absolute Gasteiger partial charge is 0.232 e. The molecular formula is C23H32N6O3. The lowest BCUT2D eigenvalue weighted by Crippen LogP contribution is -2.53. The van der Waals surface area contributed by atoms with Crippen molar-refractivity contribution in [1.82, 2.24) is 25.2 Å². The van der Waals surface area contributed by atoms with Gasteiger partial charge >= 0.3 is 0 Å². The Kier molecular flexibility index (Phi) is 7.73. The summed E-state index contributed by atoms with van der Waals surface area (Å²) < 4.78 is 10.4. The number of carbonyl (C=O) groups excluding carboxylic acids is 1. The normalized spacial score (nSPS) is 19.1. The molecule has 3 heterocycles. The minimum absolute atomic E-state index is 0.139. The van der Waals surface area contributed by atoms with Gasteiger partial charge in [-0.1, -0.05) is 35.5 Å². The zero-order chi connectivity index (χ0) is 22.2. The molecule has 0 aliphatic carbocycles. The average molecular weight is 441 g/mol. The van der Waals surface area contributed by atoms with Gasteiger partial charge in [0.25, 0.3) is 0 Å². The van der Waals surface area contributed by atoms with E-state index in [1.54, 1.807) is 13.3 Å². The van der Waals surface area contributed by atoms with E-state index in [0.717, 1.165) is 49.9 Å². The highest BCUT2D eigenvalue weighted by atomic mass is 16.5. The number of aromatic nitrogens is 1. The molecule has 2 aliphatic heterocycles. The van der Waals surface area contributed by atoms with Crippen LogP contribution >= 0.6 is 0 Å². The van der Waals surface area contributed by atoms with Crippen molar-refractivity contribution < 1.29 is 14.1 Å². The molecule has 0 saturated carbocycles. The van der Waals surface area contributed by atoms with Crippen molar-refractivity contribution in [3.05, 3.63) is 53.9 Å². The number of aliphatic imine (C=N–C) groups is 1. The van der Waals surface area contributed by atoms with Crippen molar-refractivity contribution in [1.29, 1.82) is 0 Å². The second-order valence-corrected chi connectivity index (χ2v) is 8.08. The molecule has 0 bridgehead atoms. The van der Waals surface area contributed by atoms with Gasteiger partial charge in [0.1, 0.15) is 6.26 Å². The van der Waals surface area contributed by atoms with Gasteiger partial charge in [-0.2, -0.15) is 0 Å². The first kappa shape index (κ1) is 22.3. The van der Waals surface area contributed by atoms with Crippen LogP contribution in [0.25, 0.3) is 0 Å². The zero-order valence-electron chi connectivity index (χ0n) is 18.7. The summed E-state index contributed by atoms with van der Waals surface area (Å²) in [4.78, 5) is 24.3. The quantitative estimate of drug-likeness (QED) is 0.530. The van der Waals surface area contributed by atoms with Crippen LogP contribution < -0.4 is 5.32 Å². The molecule has 32 heavy (non-hydrogen) atoms. The Morgan fingerprint density at radius 2 is 1.81 bits per heavy atom. The summed E-state index contributed by atoms with van der Waals surface area (Å²) in [5.74, 6) is 0.709. The average Bonchev–Trinajstić information content (AvgIpc) is 3.36. The second-order valence-electron chi connectivity index (χ2n) is 8.08. The molecule has 9 heteroatoms. The van der Waals surface area contributed by atoms with Gasteiger partial charge in [-0.25, -0.2) is 0 Å². The highest BCUT2D eigenvalue weighted by Crippen LogP contribution is 2.19. The topological polar surface area (TPSA) is 86.4 Å². The number of benzene rings is 1. The van der Waals surface area contributed by atoms with Crippen LogP contribution in [-0.4, -0.2) is 97.8 Å². The molecule has 2 aliphatic rings. The molecule has 1 aromatic heterocycles. The lowest BCUT2D eigenvalue weighted by atomic mass is 9.97. The van der Waals surface area contributed by atoms with Crippen LogP contribution in [0.4, 0.5) is 0 Å². The van der Waals surface area contributed by atoms with Crippen LogP contribution in [0, 0.1) is 0 Å². The first-order valence-electron chi connectivity index (χ1n) is 11.2. The molecule has 2 aromatic rings. The van der Waals surface area contributed by atoms with E-state index in [1.165, 1.54) is 0 Å². The van der Waals surface area contributed by atoms with Gasteiger partial charge in [-0.3, -0.25) is 14.7 Å². The molecule has 172 valence electrons. The monoisotopic (exact) mass is 440 g/mol. The van der Waals surface area contributed by atoms with E-state index in [-0.39, 0.29) is 11.8 Å². The number of hydrogen-bond acceptors (Lipinski definition) is 6. The number of amides is 1. The van der Waals surface area contributed by atoms with Gasteiger partial charge < -0.3 is 24.4 Å². The van der Waals surface area contributed by atoms with E-state index in [9.17, 15) is 4.79 Å². The summed E-state index contributed by atoms with van der Waals surface area (Å²) in [5.41, 5.74) is 1.97. The molecule has 4 rings (SSSR count). The maximum Gasteiger partial charge on any atom is 0.232 e. The Bertz CT molecular complexity index is 859. The molecule has 9 nitrogen and oxygen atoms in total. The number of nitrogens with one attached hydrogen (secondary N) is 1. The van der Waals surface area contributed by atoms with E-state index in [4.69, 9.17) is 9.26 Å². The Morgan fingerprint density at radius 3 is 2.47 bits per heavy atom. The molecule has 0 spiro atoms. The fourth-order valence-electron chi connectivity index (χ4n) is 4.23. The van der Waals surface area contributed by atoms with Gasteiger partial charge in [-0.05, 0) is 5.56 Å². The highest BCUT2D eigenvalue weighted by molar-refractivity contribution is 5.86. The number of carbonyl (C=O) groups is 1. The van der Waals surface area contributed by atoms with Gasteiger partial charge in [0, 0.05) is 65.5 Å². The Morgan fingerprint density at radius 1 is 1.06 bits per heavy atom. The predicted molar refractivity (Wildman–Crippen MR) is 121 cm³/mol. The SMILES string of the molecule is CN=C(NCC(C(=O)N1CCOCC1)c1ccccc1)N1CCN(Cc2ccon2)CC1. The predicted octanol–water partition coefficient (Wildman–Crippen LogP) is 1.01. The van der Waals surface area contributed by atoms with Crippen molar-refractivity contribution in [2.75, 3.05) is 66.1 Å². The minimum Gasteiger partial charge on any atom is -0.378 e. The molecule has 0 radical (unpaired) electrons. The van der Waals surface area contributed by atoms with E-state index in [1.807, 2.05) is 41.3 Å². The second kappa shape index (κ2) is 11.1. The molecule has 1 unspecified atom stereocenters. The number of ether oxygens (including phenoxy) is 1. The molecule has 1 aromatic carbocycles. The van der Waals surface area contributed by atoms with Gasteiger partial charge in [0.05, 0.1) is 24.8 Å². The Balaban J connectivity index is 1.35. The van der Waals surface area contributed by atoms with Crippen LogP contribution in [-0.2, 0) is 16.1 Å². The summed E-state index contributed by atoms with van der Waals surface area (Å²) >= 11 is 0. The summed E-state index contributed by atoms with van der Waals surface area (Å²) in [6.45, 7) is 7.35. The lowest BCUT2D eigenvalue weighted by Gasteiger charge is -2.37. The molecule has 1 amide bonds. The molecule has 2 fully saturated rings. The van der Waals surface area contributed by atoms with Crippen molar-refractivity contribution in [2.45, 2.75) is 12.5 Å². The number of guanidine groups is 1. The fraction of sp³-hybridized carbons (Fsp3) is 0.522. The largest absolute Gasteiger partial charge is 0.378 e. The molecule has 2 saturated heterocycles. The summed E-state index contributed by atoms with van der Waals surface area (Å²) in [7, 11) is 1.80. The Labute approximate surface area is 189 Å². The standard InChI is InChI=1S/C23H32N6O3/c1-24-23(29-10-8-27(9-11-29)18-20-7-14-32-26-20)25-17-21(19-5-3-2-4-6-19)22(30)28-12-15-31-16-13-28/h2-7,14,21H,8-13,15-18H2,1H3,(H,24,25). The lowest BCUT2D eigenvalue weighted by molar-refractivity contribution is -0.136. The number of morpholine rings is 1. The van der Waals surface area contributed by atoms with Crippen LogP contribution in [0.3, 0.4) is 0 Å². The van der Waals surface area contributed by atoms with E-state index in [2.05, 4.69) is 25.3 Å². The van der Waals surface area contributed by atoms with Gasteiger partial charge in [0.2, 0.25) is 5.91 Å². The van der Waals surface area contributed by atoms with Crippen molar-refractivity contribution >= 4 is 11.9 Å². The van der Waals surface area contributed by atoms with E-state index < -0.39 is 0 Å². The van der Waals surface area contributed by atoms with Crippen molar-refractivity contribution in [2.24, 2.45) is 4.99 Å². The number of nitrogens with zero attached hydrogens (tertiary/aromatic N) is 5. The van der Waals surface area contributed by atoms with Gasteiger partial charge in [0.15, 0.2) is 5.96 Å². The third-order valence-electron chi connectivity index (χ3n) is 6.05. The third-order valence-corrected chi connectivity index (χ3v) is 6.05. The molecule has 1 N–H and O–H groups in total. The first-order chi connectivity index (χ1) is 15.7.